The summed E-state index contributed by atoms with van der Waals surface area (Å²) in [6.07, 6.45) is 1.03. The molecule has 146 valence electrons. The fourth-order valence-corrected chi connectivity index (χ4v) is 2.73. The first kappa shape index (κ1) is 20.7. The van der Waals surface area contributed by atoms with Gasteiger partial charge >= 0.3 is 12.1 Å². The summed E-state index contributed by atoms with van der Waals surface area (Å²) < 4.78 is 25.8. The minimum absolute atomic E-state index is 0.00939. The van der Waals surface area contributed by atoms with Crippen LogP contribution in [0.5, 0.6) is 0 Å². The monoisotopic (exact) mass is 397 g/mol. The lowest BCUT2D eigenvalue weighted by atomic mass is 9.99. The SMILES string of the molecule is CCOC(=O)C(Cn1cccn1)OC(=O)Nc1cccc(C(C)(C)F)c1Cl. The number of amides is 1. The summed E-state index contributed by atoms with van der Waals surface area (Å²) in [6.45, 7) is 4.49. The van der Waals surface area contributed by atoms with E-state index in [1.165, 1.54) is 36.9 Å². The minimum atomic E-state index is -1.69. The summed E-state index contributed by atoms with van der Waals surface area (Å²) >= 11 is 6.19. The number of alkyl halides is 1. The van der Waals surface area contributed by atoms with E-state index in [-0.39, 0.29) is 29.4 Å². The van der Waals surface area contributed by atoms with Crippen molar-refractivity contribution in [2.75, 3.05) is 11.9 Å². The molecule has 7 nitrogen and oxygen atoms in total. The van der Waals surface area contributed by atoms with Gasteiger partial charge in [-0.3, -0.25) is 10.00 Å². The van der Waals surface area contributed by atoms with Crippen LogP contribution in [-0.2, 0) is 26.5 Å². The van der Waals surface area contributed by atoms with Crippen molar-refractivity contribution >= 4 is 29.4 Å². The van der Waals surface area contributed by atoms with Gasteiger partial charge in [0.2, 0.25) is 6.10 Å². The molecule has 1 unspecified atom stereocenters. The third-order valence-electron chi connectivity index (χ3n) is 3.59. The third kappa shape index (κ3) is 5.68. The lowest BCUT2D eigenvalue weighted by Gasteiger charge is -2.20. The Balaban J connectivity index is 2.12. The van der Waals surface area contributed by atoms with E-state index in [1.54, 1.807) is 25.3 Å². The quantitative estimate of drug-likeness (QED) is 0.716. The first-order chi connectivity index (χ1) is 12.7. The maximum atomic E-state index is 14.2. The molecule has 1 heterocycles. The highest BCUT2D eigenvalue weighted by Gasteiger charge is 2.27. The molecule has 0 saturated heterocycles. The number of ether oxygens (including phenoxy) is 2. The van der Waals surface area contributed by atoms with E-state index in [2.05, 4.69) is 10.4 Å². The molecule has 1 aromatic carbocycles. The average Bonchev–Trinajstić information content (AvgIpc) is 3.08. The zero-order valence-corrected chi connectivity index (χ0v) is 16.0. The summed E-state index contributed by atoms with van der Waals surface area (Å²) in [5.41, 5.74) is -1.29. The zero-order chi connectivity index (χ0) is 20.0. The number of rotatable bonds is 7. The van der Waals surface area contributed by atoms with Gasteiger partial charge < -0.3 is 9.47 Å². The van der Waals surface area contributed by atoms with E-state index in [0.29, 0.717) is 0 Å². The number of esters is 1. The lowest BCUT2D eigenvalue weighted by Crippen LogP contribution is -2.35. The molecule has 2 rings (SSSR count). The molecule has 0 spiro atoms. The van der Waals surface area contributed by atoms with Gasteiger partial charge in [0.05, 0.1) is 23.9 Å². The topological polar surface area (TPSA) is 82.5 Å². The van der Waals surface area contributed by atoms with Crippen molar-refractivity contribution in [2.45, 2.75) is 39.1 Å². The van der Waals surface area contributed by atoms with Gasteiger partial charge in [-0.25, -0.2) is 14.0 Å². The van der Waals surface area contributed by atoms with E-state index in [1.807, 2.05) is 0 Å². The van der Waals surface area contributed by atoms with Crippen LogP contribution in [0.1, 0.15) is 26.3 Å². The minimum Gasteiger partial charge on any atom is -0.463 e. The molecule has 0 bridgehead atoms. The predicted octanol–water partition coefficient (Wildman–Crippen LogP) is 3.92. The first-order valence-corrected chi connectivity index (χ1v) is 8.69. The Morgan fingerprint density at radius 2 is 2.11 bits per heavy atom. The number of benzene rings is 1. The molecule has 27 heavy (non-hydrogen) atoms. The van der Waals surface area contributed by atoms with Crippen molar-refractivity contribution in [3.63, 3.8) is 0 Å². The molecule has 0 aliphatic rings. The van der Waals surface area contributed by atoms with Crippen LogP contribution in [0.2, 0.25) is 5.02 Å². The molecule has 2 aromatic rings. The number of carbonyl (C=O) groups is 2. The van der Waals surface area contributed by atoms with Crippen molar-refractivity contribution in [2.24, 2.45) is 0 Å². The summed E-state index contributed by atoms with van der Waals surface area (Å²) in [5.74, 6) is -0.701. The molecule has 0 radical (unpaired) electrons. The maximum Gasteiger partial charge on any atom is 0.412 e. The van der Waals surface area contributed by atoms with Crippen LogP contribution in [0.4, 0.5) is 14.9 Å². The Kier molecular flexibility index (Phi) is 6.79. The van der Waals surface area contributed by atoms with Gasteiger partial charge in [0, 0.05) is 18.0 Å². The summed E-state index contributed by atoms with van der Waals surface area (Å²) in [4.78, 5) is 24.3. The third-order valence-corrected chi connectivity index (χ3v) is 3.99. The van der Waals surface area contributed by atoms with Crippen LogP contribution in [-0.4, -0.2) is 34.6 Å². The highest BCUT2D eigenvalue weighted by molar-refractivity contribution is 6.34. The average molecular weight is 398 g/mol. The van der Waals surface area contributed by atoms with E-state index in [9.17, 15) is 14.0 Å². The predicted molar refractivity (Wildman–Crippen MR) is 98.3 cm³/mol. The normalized spacial score (nSPS) is 12.3. The van der Waals surface area contributed by atoms with Crippen molar-refractivity contribution in [1.82, 2.24) is 9.78 Å². The summed E-state index contributed by atoms with van der Waals surface area (Å²) in [6, 6.07) is 6.26. The van der Waals surface area contributed by atoms with Gasteiger partial charge in [-0.05, 0) is 32.9 Å². The van der Waals surface area contributed by atoms with Crippen LogP contribution >= 0.6 is 11.6 Å². The van der Waals surface area contributed by atoms with E-state index >= 15 is 0 Å². The fourth-order valence-electron chi connectivity index (χ4n) is 2.33. The van der Waals surface area contributed by atoms with Crippen molar-refractivity contribution in [3.05, 3.63) is 47.2 Å². The molecule has 0 aliphatic heterocycles. The number of aromatic nitrogens is 2. The second kappa shape index (κ2) is 8.85. The molecular weight excluding hydrogens is 377 g/mol. The Labute approximate surface area is 161 Å². The number of halogens is 2. The molecule has 1 N–H and O–H groups in total. The van der Waals surface area contributed by atoms with E-state index < -0.39 is 23.8 Å². The van der Waals surface area contributed by atoms with Crippen molar-refractivity contribution in [1.29, 1.82) is 0 Å². The molecule has 0 saturated carbocycles. The molecule has 9 heteroatoms. The van der Waals surface area contributed by atoms with Crippen LogP contribution in [0.25, 0.3) is 0 Å². The van der Waals surface area contributed by atoms with E-state index in [0.717, 1.165) is 0 Å². The van der Waals surface area contributed by atoms with Crippen LogP contribution in [0.3, 0.4) is 0 Å². The molecule has 0 aliphatic carbocycles. The van der Waals surface area contributed by atoms with Gasteiger partial charge in [-0.2, -0.15) is 5.10 Å². The van der Waals surface area contributed by atoms with Gasteiger partial charge in [0.15, 0.2) is 0 Å². The molecular formula is C18H21ClFN3O4. The van der Waals surface area contributed by atoms with Crippen LogP contribution in [0.15, 0.2) is 36.7 Å². The van der Waals surface area contributed by atoms with Gasteiger partial charge in [-0.1, -0.05) is 23.7 Å². The standard InChI is InChI=1S/C18H21ClFN3O4/c1-4-26-16(24)14(11-23-10-6-9-21-23)27-17(25)22-13-8-5-7-12(15(13)19)18(2,3)20/h5-10,14H,4,11H2,1-3H3,(H,22,25). The van der Waals surface area contributed by atoms with Crippen LogP contribution in [0, 0.1) is 0 Å². The summed E-state index contributed by atoms with van der Waals surface area (Å²) in [5, 5.41) is 6.47. The Morgan fingerprint density at radius 3 is 2.70 bits per heavy atom. The number of anilines is 1. The number of nitrogens with zero attached hydrogens (tertiary/aromatic N) is 2. The lowest BCUT2D eigenvalue weighted by molar-refractivity contribution is -0.153. The van der Waals surface area contributed by atoms with Gasteiger partial charge in [0.1, 0.15) is 5.67 Å². The fraction of sp³-hybridized carbons (Fsp3) is 0.389. The van der Waals surface area contributed by atoms with E-state index in [4.69, 9.17) is 21.1 Å². The second-order valence-electron chi connectivity index (χ2n) is 6.14. The summed E-state index contributed by atoms with van der Waals surface area (Å²) in [7, 11) is 0. The second-order valence-corrected chi connectivity index (χ2v) is 6.52. The number of hydrogen-bond donors (Lipinski definition) is 1. The largest absolute Gasteiger partial charge is 0.463 e. The molecule has 0 fully saturated rings. The highest BCUT2D eigenvalue weighted by atomic mass is 35.5. The van der Waals surface area contributed by atoms with Gasteiger partial charge in [0.25, 0.3) is 0 Å². The first-order valence-electron chi connectivity index (χ1n) is 8.32. The molecule has 1 amide bonds. The Bertz CT molecular complexity index is 790. The van der Waals surface area contributed by atoms with Gasteiger partial charge in [-0.15, -0.1) is 0 Å². The molecule has 1 aromatic heterocycles. The van der Waals surface area contributed by atoms with Crippen molar-refractivity contribution < 1.29 is 23.5 Å². The smallest absolute Gasteiger partial charge is 0.412 e. The van der Waals surface area contributed by atoms with Crippen molar-refractivity contribution in [3.8, 4) is 0 Å². The van der Waals surface area contributed by atoms with Crippen LogP contribution < -0.4 is 5.32 Å². The number of hydrogen-bond acceptors (Lipinski definition) is 5. The highest BCUT2D eigenvalue weighted by Crippen LogP contribution is 2.35. The number of nitrogens with one attached hydrogen (secondary N) is 1. The Hall–Kier alpha value is -2.61. The zero-order valence-electron chi connectivity index (χ0n) is 15.2. The Morgan fingerprint density at radius 1 is 1.37 bits per heavy atom. The molecule has 1 atom stereocenters. The maximum absolute atomic E-state index is 14.2. The number of carbonyl (C=O) groups excluding carboxylic acids is 2.